The van der Waals surface area contributed by atoms with Gasteiger partial charge in [-0.1, -0.05) is 12.1 Å². The number of carbonyl (C=O) groups is 1. The first kappa shape index (κ1) is 15.7. The van der Waals surface area contributed by atoms with Crippen molar-refractivity contribution in [1.29, 1.82) is 0 Å². The Bertz CT molecular complexity index is 911. The zero-order chi connectivity index (χ0) is 17.1. The van der Waals surface area contributed by atoms with Crippen LogP contribution < -0.4 is 10.7 Å². The topological polar surface area (TPSA) is 81.8 Å². The Hall–Kier alpha value is -3.22. The fraction of sp³-hybridized carbons (Fsp3) is 0.176. The second kappa shape index (κ2) is 6.49. The Labute approximate surface area is 138 Å². The average Bonchev–Trinajstić information content (AvgIpc) is 3.11. The number of pyridine rings is 1. The molecular formula is C17H17N5O2. The van der Waals surface area contributed by atoms with Crippen LogP contribution in [0.4, 0.5) is 0 Å². The standard InChI is InChI=1S/C17H17N5O2/c1-12-7-16(23)15(9-21(12)2)17(24)19-8-13-3-5-14(6-4-13)22-11-18-10-20-22/h3-7,9-11H,8H2,1-2H3,(H,19,24). The second-order valence-electron chi connectivity index (χ2n) is 5.49. The van der Waals surface area contributed by atoms with Crippen molar-refractivity contribution >= 4 is 5.91 Å². The molecule has 7 nitrogen and oxygen atoms in total. The van der Waals surface area contributed by atoms with E-state index in [0.717, 1.165) is 16.9 Å². The van der Waals surface area contributed by atoms with Gasteiger partial charge in [0, 0.05) is 31.5 Å². The lowest BCUT2D eigenvalue weighted by molar-refractivity contribution is 0.0949. The molecule has 0 unspecified atom stereocenters. The van der Waals surface area contributed by atoms with E-state index in [9.17, 15) is 9.59 Å². The summed E-state index contributed by atoms with van der Waals surface area (Å²) in [6.45, 7) is 2.16. The Kier molecular flexibility index (Phi) is 4.24. The summed E-state index contributed by atoms with van der Waals surface area (Å²) in [5.74, 6) is -0.379. The van der Waals surface area contributed by atoms with Crippen LogP contribution in [-0.4, -0.2) is 25.2 Å². The van der Waals surface area contributed by atoms with Gasteiger partial charge in [0.2, 0.25) is 0 Å². The Morgan fingerprint density at radius 2 is 2.00 bits per heavy atom. The van der Waals surface area contributed by atoms with E-state index in [1.165, 1.54) is 12.4 Å². The summed E-state index contributed by atoms with van der Waals surface area (Å²) in [6, 6.07) is 9.03. The zero-order valence-electron chi connectivity index (χ0n) is 13.4. The number of rotatable bonds is 4. The molecule has 3 aromatic rings. The number of carbonyl (C=O) groups excluding carboxylic acids is 1. The molecule has 1 aromatic carbocycles. The smallest absolute Gasteiger partial charge is 0.257 e. The van der Waals surface area contributed by atoms with E-state index in [4.69, 9.17) is 0 Å². The third kappa shape index (κ3) is 3.24. The highest BCUT2D eigenvalue weighted by Gasteiger charge is 2.11. The van der Waals surface area contributed by atoms with Gasteiger partial charge in [-0.25, -0.2) is 9.67 Å². The summed E-state index contributed by atoms with van der Waals surface area (Å²) in [5, 5.41) is 6.82. The molecule has 0 saturated heterocycles. The van der Waals surface area contributed by atoms with Gasteiger partial charge in [0.05, 0.1) is 5.69 Å². The molecule has 2 heterocycles. The maximum atomic E-state index is 12.2. The van der Waals surface area contributed by atoms with Crippen LogP contribution >= 0.6 is 0 Å². The van der Waals surface area contributed by atoms with Crippen molar-refractivity contribution in [2.24, 2.45) is 7.05 Å². The van der Waals surface area contributed by atoms with Crippen LogP contribution in [0.2, 0.25) is 0 Å². The minimum Gasteiger partial charge on any atom is -0.354 e. The largest absolute Gasteiger partial charge is 0.354 e. The maximum Gasteiger partial charge on any atom is 0.257 e. The lowest BCUT2D eigenvalue weighted by Crippen LogP contribution is -2.29. The number of nitrogens with zero attached hydrogens (tertiary/aromatic N) is 4. The highest BCUT2D eigenvalue weighted by molar-refractivity contribution is 5.93. The minimum atomic E-state index is -0.379. The fourth-order valence-corrected chi connectivity index (χ4v) is 2.28. The Morgan fingerprint density at radius 3 is 2.67 bits per heavy atom. The highest BCUT2D eigenvalue weighted by Crippen LogP contribution is 2.08. The molecule has 0 fully saturated rings. The zero-order valence-corrected chi connectivity index (χ0v) is 13.4. The molecule has 3 rings (SSSR count). The van der Waals surface area contributed by atoms with E-state index in [1.807, 2.05) is 31.2 Å². The number of hydrogen-bond acceptors (Lipinski definition) is 4. The maximum absolute atomic E-state index is 12.2. The Morgan fingerprint density at radius 1 is 1.25 bits per heavy atom. The molecule has 1 amide bonds. The van der Waals surface area contributed by atoms with Gasteiger partial charge in [0.15, 0.2) is 5.43 Å². The van der Waals surface area contributed by atoms with Gasteiger partial charge in [0.1, 0.15) is 18.2 Å². The first-order valence-corrected chi connectivity index (χ1v) is 7.44. The first-order chi connectivity index (χ1) is 11.5. The summed E-state index contributed by atoms with van der Waals surface area (Å²) in [4.78, 5) is 28.0. The number of hydrogen-bond donors (Lipinski definition) is 1. The van der Waals surface area contributed by atoms with Crippen molar-refractivity contribution in [2.75, 3.05) is 0 Å². The van der Waals surface area contributed by atoms with Crippen molar-refractivity contribution in [2.45, 2.75) is 13.5 Å². The molecular weight excluding hydrogens is 306 g/mol. The van der Waals surface area contributed by atoms with Crippen molar-refractivity contribution < 1.29 is 4.79 Å². The number of aryl methyl sites for hydroxylation is 2. The van der Waals surface area contributed by atoms with E-state index >= 15 is 0 Å². The van der Waals surface area contributed by atoms with Crippen LogP contribution in [0.15, 0.2) is 54.0 Å². The van der Waals surface area contributed by atoms with E-state index in [0.29, 0.717) is 6.54 Å². The minimum absolute atomic E-state index is 0.141. The molecule has 2 aromatic heterocycles. The van der Waals surface area contributed by atoms with Gasteiger partial charge in [-0.05, 0) is 24.6 Å². The third-order valence-electron chi connectivity index (χ3n) is 3.80. The van der Waals surface area contributed by atoms with E-state index in [-0.39, 0.29) is 16.9 Å². The third-order valence-corrected chi connectivity index (χ3v) is 3.80. The molecule has 0 aliphatic rings. The van der Waals surface area contributed by atoms with Gasteiger partial charge in [-0.2, -0.15) is 5.10 Å². The quantitative estimate of drug-likeness (QED) is 0.782. The molecule has 122 valence electrons. The molecule has 0 atom stereocenters. The number of nitrogens with one attached hydrogen (secondary N) is 1. The number of benzene rings is 1. The molecule has 0 aliphatic carbocycles. The molecule has 1 N–H and O–H groups in total. The van der Waals surface area contributed by atoms with Crippen LogP contribution in [0, 0.1) is 6.92 Å². The van der Waals surface area contributed by atoms with Crippen LogP contribution in [0.1, 0.15) is 21.6 Å². The van der Waals surface area contributed by atoms with Crippen molar-refractivity contribution in [3.63, 3.8) is 0 Å². The molecule has 0 spiro atoms. The SMILES string of the molecule is Cc1cc(=O)c(C(=O)NCc2ccc(-n3cncn3)cc2)cn1C. The number of aromatic nitrogens is 4. The molecule has 0 radical (unpaired) electrons. The summed E-state index contributed by atoms with van der Waals surface area (Å²) in [7, 11) is 1.80. The van der Waals surface area contributed by atoms with Crippen LogP contribution in [0.25, 0.3) is 5.69 Å². The van der Waals surface area contributed by atoms with Gasteiger partial charge in [0.25, 0.3) is 5.91 Å². The fourth-order valence-electron chi connectivity index (χ4n) is 2.28. The van der Waals surface area contributed by atoms with Gasteiger partial charge >= 0.3 is 0 Å². The number of amides is 1. The van der Waals surface area contributed by atoms with E-state index < -0.39 is 0 Å². The highest BCUT2D eigenvalue weighted by atomic mass is 16.2. The van der Waals surface area contributed by atoms with Gasteiger partial charge in [-0.3, -0.25) is 9.59 Å². The predicted octanol–water partition coefficient (Wildman–Crippen LogP) is 1.20. The van der Waals surface area contributed by atoms with E-state index in [2.05, 4.69) is 15.4 Å². The summed E-state index contributed by atoms with van der Waals surface area (Å²) in [6.07, 6.45) is 4.64. The van der Waals surface area contributed by atoms with Gasteiger partial charge < -0.3 is 9.88 Å². The molecule has 7 heteroatoms. The Balaban J connectivity index is 1.68. The van der Waals surface area contributed by atoms with Crippen molar-refractivity contribution in [3.8, 4) is 5.69 Å². The van der Waals surface area contributed by atoms with Crippen molar-refractivity contribution in [1.82, 2.24) is 24.6 Å². The molecule has 0 saturated carbocycles. The second-order valence-corrected chi connectivity index (χ2v) is 5.49. The lowest BCUT2D eigenvalue weighted by atomic mass is 10.2. The molecule has 24 heavy (non-hydrogen) atoms. The average molecular weight is 323 g/mol. The molecule has 0 aliphatic heterocycles. The summed E-state index contributed by atoms with van der Waals surface area (Å²) >= 11 is 0. The summed E-state index contributed by atoms with van der Waals surface area (Å²) in [5.41, 5.74) is 2.48. The van der Waals surface area contributed by atoms with Crippen LogP contribution in [0.5, 0.6) is 0 Å². The van der Waals surface area contributed by atoms with Crippen molar-refractivity contribution in [3.05, 3.63) is 76.2 Å². The lowest BCUT2D eigenvalue weighted by Gasteiger charge is -2.09. The molecule has 0 bridgehead atoms. The monoisotopic (exact) mass is 323 g/mol. The normalized spacial score (nSPS) is 10.6. The van der Waals surface area contributed by atoms with Gasteiger partial charge in [-0.15, -0.1) is 0 Å². The van der Waals surface area contributed by atoms with E-state index in [1.54, 1.807) is 28.8 Å². The predicted molar refractivity (Wildman–Crippen MR) is 88.9 cm³/mol. The summed E-state index contributed by atoms with van der Waals surface area (Å²) < 4.78 is 3.40. The van der Waals surface area contributed by atoms with Crippen LogP contribution in [-0.2, 0) is 13.6 Å². The van der Waals surface area contributed by atoms with Crippen LogP contribution in [0.3, 0.4) is 0 Å². The first-order valence-electron chi connectivity index (χ1n) is 7.44.